The number of rotatable bonds is 10. The molecule has 0 radical (unpaired) electrons. The van der Waals surface area contributed by atoms with Crippen molar-refractivity contribution in [2.75, 3.05) is 36.5 Å². The fraction of sp³-hybridized carbons (Fsp3) is 0.519. The van der Waals surface area contributed by atoms with Crippen molar-refractivity contribution in [2.45, 2.75) is 50.6 Å². The molecule has 5 rings (SSSR count). The molecule has 2 aromatic rings. The maximum Gasteiger partial charge on any atom is 0.261 e. The third-order valence-electron chi connectivity index (χ3n) is 7.78. The van der Waals surface area contributed by atoms with Gasteiger partial charge in [0.15, 0.2) is 0 Å². The Kier molecular flexibility index (Phi) is 8.62. The summed E-state index contributed by atoms with van der Waals surface area (Å²) in [7, 11) is 0. The van der Waals surface area contributed by atoms with Gasteiger partial charge in [-0.15, -0.1) is 11.3 Å². The van der Waals surface area contributed by atoms with Crippen LogP contribution in [0.15, 0.2) is 30.3 Å². The average Bonchev–Trinajstić information content (AvgIpc) is 3.26. The second-order valence-electron chi connectivity index (χ2n) is 10.2. The Morgan fingerprint density at radius 3 is 2.45 bits per heavy atom. The van der Waals surface area contributed by atoms with Crippen LogP contribution in [0.5, 0.6) is 0 Å². The van der Waals surface area contributed by atoms with E-state index in [1.807, 2.05) is 0 Å². The lowest BCUT2D eigenvalue weighted by Crippen LogP contribution is -2.57. The number of benzene rings is 1. The van der Waals surface area contributed by atoms with Crippen molar-refractivity contribution in [1.82, 2.24) is 10.6 Å². The highest BCUT2D eigenvalue weighted by molar-refractivity contribution is 7.18. The summed E-state index contributed by atoms with van der Waals surface area (Å²) >= 11 is 7.15. The molecule has 3 aliphatic rings. The van der Waals surface area contributed by atoms with Gasteiger partial charge in [0.25, 0.3) is 11.8 Å². The Morgan fingerprint density at radius 1 is 1.13 bits per heavy atom. The SMILES string of the molecule is O=C(NC[C@H](NC(C1CCC1)C1CCC1)C(=O)Nc1ccc(N2CCOCC2=O)c(F)c1)c1ccc(Cl)s1. The number of hydrogen-bond donors (Lipinski definition) is 3. The quantitative estimate of drug-likeness (QED) is 0.403. The molecule has 3 amide bonds. The van der Waals surface area contributed by atoms with Crippen LogP contribution < -0.4 is 20.9 Å². The van der Waals surface area contributed by atoms with E-state index in [4.69, 9.17) is 16.3 Å². The molecule has 2 heterocycles. The first-order valence-electron chi connectivity index (χ1n) is 13.2. The maximum absolute atomic E-state index is 15.0. The monoisotopic (exact) mass is 562 g/mol. The van der Waals surface area contributed by atoms with Gasteiger partial charge < -0.3 is 25.6 Å². The van der Waals surface area contributed by atoms with Crippen LogP contribution in [0.2, 0.25) is 4.34 Å². The fourth-order valence-electron chi connectivity index (χ4n) is 5.24. The number of thiophene rings is 1. The second kappa shape index (κ2) is 12.1. The predicted molar refractivity (Wildman–Crippen MR) is 145 cm³/mol. The maximum atomic E-state index is 15.0. The number of halogens is 2. The molecule has 204 valence electrons. The van der Waals surface area contributed by atoms with Gasteiger partial charge in [-0.25, -0.2) is 4.39 Å². The summed E-state index contributed by atoms with van der Waals surface area (Å²) in [5.41, 5.74) is 0.437. The number of anilines is 2. The van der Waals surface area contributed by atoms with E-state index in [2.05, 4.69) is 16.0 Å². The summed E-state index contributed by atoms with van der Waals surface area (Å²) in [5.74, 6) is -0.525. The van der Waals surface area contributed by atoms with Crippen molar-refractivity contribution in [2.24, 2.45) is 11.8 Å². The predicted octanol–water partition coefficient (Wildman–Crippen LogP) is 4.20. The smallest absolute Gasteiger partial charge is 0.261 e. The number of carbonyl (C=O) groups is 3. The van der Waals surface area contributed by atoms with Crippen molar-refractivity contribution >= 4 is 52.0 Å². The van der Waals surface area contributed by atoms with E-state index in [0.717, 1.165) is 25.7 Å². The van der Waals surface area contributed by atoms with E-state index in [0.29, 0.717) is 27.7 Å². The van der Waals surface area contributed by atoms with Crippen LogP contribution >= 0.6 is 22.9 Å². The lowest BCUT2D eigenvalue weighted by molar-refractivity contribution is -0.125. The van der Waals surface area contributed by atoms with Crippen molar-refractivity contribution in [3.05, 3.63) is 45.4 Å². The van der Waals surface area contributed by atoms with Gasteiger partial charge >= 0.3 is 0 Å². The fourth-order valence-corrected chi connectivity index (χ4v) is 6.20. The average molecular weight is 563 g/mol. The van der Waals surface area contributed by atoms with Gasteiger partial charge in [0, 0.05) is 24.8 Å². The third kappa shape index (κ3) is 6.20. The molecule has 11 heteroatoms. The molecule has 2 saturated carbocycles. The minimum absolute atomic E-state index is 0.0823. The van der Waals surface area contributed by atoms with Crippen molar-refractivity contribution in [3.8, 4) is 0 Å². The molecular weight excluding hydrogens is 531 g/mol. The van der Waals surface area contributed by atoms with E-state index in [-0.39, 0.29) is 54.8 Å². The Labute approximate surface area is 230 Å². The Hall–Kier alpha value is -2.53. The van der Waals surface area contributed by atoms with Crippen LogP contribution in [0.1, 0.15) is 48.2 Å². The molecule has 1 aromatic carbocycles. The molecule has 2 aliphatic carbocycles. The van der Waals surface area contributed by atoms with E-state index >= 15 is 0 Å². The van der Waals surface area contributed by atoms with Gasteiger partial charge in [0.05, 0.1) is 21.5 Å². The summed E-state index contributed by atoms with van der Waals surface area (Å²) in [6, 6.07) is 7.10. The van der Waals surface area contributed by atoms with Crippen molar-refractivity contribution in [1.29, 1.82) is 0 Å². The van der Waals surface area contributed by atoms with Crippen LogP contribution in [-0.4, -0.2) is 56.1 Å². The summed E-state index contributed by atoms with van der Waals surface area (Å²) in [5, 5.41) is 9.23. The number of amides is 3. The summed E-state index contributed by atoms with van der Waals surface area (Å²) in [4.78, 5) is 40.1. The molecule has 1 atom stereocenters. The highest BCUT2D eigenvalue weighted by Gasteiger charge is 2.38. The summed E-state index contributed by atoms with van der Waals surface area (Å²) in [6.07, 6.45) is 6.93. The first kappa shape index (κ1) is 27.1. The minimum Gasteiger partial charge on any atom is -0.370 e. The number of morpholine rings is 1. The van der Waals surface area contributed by atoms with Crippen LogP contribution in [-0.2, 0) is 14.3 Å². The van der Waals surface area contributed by atoms with E-state index < -0.39 is 11.9 Å². The normalized spacial score (nSPS) is 19.1. The zero-order valence-corrected chi connectivity index (χ0v) is 22.6. The highest BCUT2D eigenvalue weighted by Crippen LogP contribution is 2.40. The zero-order valence-electron chi connectivity index (χ0n) is 21.0. The van der Waals surface area contributed by atoms with Gasteiger partial charge in [0.2, 0.25) is 5.91 Å². The number of nitrogens with zero attached hydrogens (tertiary/aromatic N) is 1. The van der Waals surface area contributed by atoms with Crippen LogP contribution in [0.4, 0.5) is 15.8 Å². The molecule has 3 fully saturated rings. The molecule has 1 aromatic heterocycles. The van der Waals surface area contributed by atoms with Crippen LogP contribution in [0.3, 0.4) is 0 Å². The molecule has 8 nitrogen and oxygen atoms in total. The largest absolute Gasteiger partial charge is 0.370 e. The highest BCUT2D eigenvalue weighted by atomic mass is 35.5. The Morgan fingerprint density at radius 2 is 1.87 bits per heavy atom. The lowest BCUT2D eigenvalue weighted by atomic mass is 9.68. The molecule has 38 heavy (non-hydrogen) atoms. The van der Waals surface area contributed by atoms with Gasteiger partial charge in [-0.1, -0.05) is 24.4 Å². The second-order valence-corrected chi connectivity index (χ2v) is 11.9. The van der Waals surface area contributed by atoms with Gasteiger partial charge in [-0.2, -0.15) is 0 Å². The zero-order chi connectivity index (χ0) is 26.6. The molecule has 0 bridgehead atoms. The van der Waals surface area contributed by atoms with Crippen LogP contribution in [0, 0.1) is 17.7 Å². The molecule has 3 N–H and O–H groups in total. The van der Waals surface area contributed by atoms with Gasteiger partial charge in [0.1, 0.15) is 18.5 Å². The molecule has 1 aliphatic heterocycles. The van der Waals surface area contributed by atoms with E-state index in [1.165, 1.54) is 41.2 Å². The molecule has 0 unspecified atom stereocenters. The first-order valence-corrected chi connectivity index (χ1v) is 14.4. The first-order chi connectivity index (χ1) is 18.4. The minimum atomic E-state index is -0.704. The summed E-state index contributed by atoms with van der Waals surface area (Å²) in [6.45, 7) is 0.604. The number of carbonyl (C=O) groups excluding carboxylic acids is 3. The number of hydrogen-bond acceptors (Lipinski definition) is 6. The third-order valence-corrected chi connectivity index (χ3v) is 9.01. The van der Waals surface area contributed by atoms with E-state index in [9.17, 15) is 18.8 Å². The van der Waals surface area contributed by atoms with Gasteiger partial charge in [-0.05, 0) is 67.9 Å². The topological polar surface area (TPSA) is 99.8 Å². The molecule has 1 saturated heterocycles. The number of nitrogens with one attached hydrogen (secondary N) is 3. The molecule has 0 spiro atoms. The Balaban J connectivity index is 1.29. The van der Waals surface area contributed by atoms with Crippen molar-refractivity contribution < 1.29 is 23.5 Å². The molecular formula is C27H32ClFN4O4S. The van der Waals surface area contributed by atoms with E-state index in [1.54, 1.807) is 18.2 Å². The standard InChI is InChI=1S/C27H32ClFN4O4S/c28-23-10-9-22(38-23)27(36)30-14-20(32-25(16-3-1-4-16)17-5-2-6-17)26(35)31-18-7-8-21(19(29)13-18)33-11-12-37-15-24(33)34/h7-10,13,16-17,20,25,32H,1-6,11-12,14-15H2,(H,30,36)(H,31,35)/t20-/m0/s1. The van der Waals surface area contributed by atoms with Crippen molar-refractivity contribution in [3.63, 3.8) is 0 Å². The number of ether oxygens (including phenoxy) is 1. The Bertz CT molecular complexity index is 1170. The van der Waals surface area contributed by atoms with Crippen LogP contribution in [0.25, 0.3) is 0 Å². The van der Waals surface area contributed by atoms with Gasteiger partial charge in [-0.3, -0.25) is 14.4 Å². The lowest BCUT2D eigenvalue weighted by Gasteiger charge is -2.44. The summed E-state index contributed by atoms with van der Waals surface area (Å²) < 4.78 is 20.6.